The average Bonchev–Trinajstić information content (AvgIpc) is 2.01. The van der Waals surface area contributed by atoms with E-state index in [1.807, 2.05) is 0 Å². The van der Waals surface area contributed by atoms with Crippen LogP contribution in [0.3, 0.4) is 0 Å². The lowest BCUT2D eigenvalue weighted by Gasteiger charge is -2.05. The first kappa shape index (κ1) is 10.5. The molecule has 0 radical (unpaired) electrons. The molecule has 0 heterocycles. The summed E-state index contributed by atoms with van der Waals surface area (Å²) in [5, 5.41) is 6.77. The molecule has 0 fully saturated rings. The Hall–Kier alpha value is -1.50. The van der Waals surface area contributed by atoms with E-state index < -0.39 is 0 Å². The van der Waals surface area contributed by atoms with Crippen molar-refractivity contribution in [3.05, 3.63) is 0 Å². The summed E-state index contributed by atoms with van der Waals surface area (Å²) in [5.74, 6) is -0.0226. The van der Waals surface area contributed by atoms with Gasteiger partial charge in [0.1, 0.15) is 0 Å². The molecule has 9 N–H and O–H groups in total. The molecule has 0 aliphatic heterocycles. The predicted octanol–water partition coefficient (Wildman–Crippen LogP) is -2.36. The van der Waals surface area contributed by atoms with Gasteiger partial charge in [0.05, 0.1) is 0 Å². The molecule has 0 amide bonds. The molecule has 0 rings (SSSR count). The minimum atomic E-state index is -0.216. The first-order chi connectivity index (χ1) is 5.66. The molecule has 0 aromatic heterocycles. The Balaban J connectivity index is 3.48. The molecule has 0 saturated carbocycles. The van der Waals surface area contributed by atoms with Crippen molar-refractivity contribution in [2.24, 2.45) is 22.2 Å². The molecule has 0 spiro atoms. The van der Waals surface area contributed by atoms with Crippen molar-refractivity contribution in [2.45, 2.75) is 6.42 Å². The van der Waals surface area contributed by atoms with Gasteiger partial charge in [0.15, 0.2) is 0 Å². The van der Waals surface area contributed by atoms with Crippen LogP contribution in [0, 0.1) is 5.41 Å². The minimum absolute atomic E-state index is 0.193. The lowest BCUT2D eigenvalue weighted by molar-refractivity contribution is 0.801. The van der Waals surface area contributed by atoms with E-state index in [4.69, 9.17) is 22.6 Å². The van der Waals surface area contributed by atoms with Crippen LogP contribution in [0.1, 0.15) is 6.42 Å². The van der Waals surface area contributed by atoms with Crippen LogP contribution in [-0.4, -0.2) is 25.0 Å². The van der Waals surface area contributed by atoms with Crippen LogP contribution in [0.15, 0.2) is 4.99 Å². The lowest BCUT2D eigenvalue weighted by Crippen LogP contribution is -2.48. The number of guanidine groups is 2. The fourth-order valence-corrected chi connectivity index (χ4v) is 0.462. The monoisotopic (exact) mass is 173 g/mol. The molecule has 7 heteroatoms. The Bertz CT molecular complexity index is 163. The summed E-state index contributed by atoms with van der Waals surface area (Å²) in [7, 11) is 0. The van der Waals surface area contributed by atoms with Crippen molar-refractivity contribution >= 4 is 11.9 Å². The molecule has 0 aromatic carbocycles. The van der Waals surface area contributed by atoms with Gasteiger partial charge in [0.2, 0.25) is 11.9 Å². The zero-order valence-electron chi connectivity index (χ0n) is 6.80. The minimum Gasteiger partial charge on any atom is -0.369 e. The van der Waals surface area contributed by atoms with E-state index in [0.29, 0.717) is 13.1 Å². The molecule has 0 unspecified atom stereocenters. The SMILES string of the molecule is N=C(N)NNC(N)=NCCCN. The van der Waals surface area contributed by atoms with Crippen molar-refractivity contribution in [3.63, 3.8) is 0 Å². The summed E-state index contributed by atoms with van der Waals surface area (Å²) in [6.07, 6.45) is 0.780. The fourth-order valence-electron chi connectivity index (χ4n) is 0.462. The second-order valence-electron chi connectivity index (χ2n) is 2.07. The largest absolute Gasteiger partial charge is 0.369 e. The van der Waals surface area contributed by atoms with E-state index in [2.05, 4.69) is 15.8 Å². The zero-order valence-corrected chi connectivity index (χ0v) is 6.80. The molecular weight excluding hydrogens is 158 g/mol. The van der Waals surface area contributed by atoms with Crippen molar-refractivity contribution < 1.29 is 0 Å². The Morgan fingerprint density at radius 2 is 2.00 bits per heavy atom. The maximum Gasteiger partial charge on any atom is 0.207 e. The number of hydrazine groups is 1. The standard InChI is InChI=1S/C5H15N7/c6-2-1-3-10-5(9)12-11-4(7)8/h1-3,6H2,(H4,7,8,11)(H3,9,10,12). The highest BCUT2D eigenvalue weighted by molar-refractivity contribution is 5.82. The van der Waals surface area contributed by atoms with Crippen molar-refractivity contribution in [3.8, 4) is 0 Å². The Labute approximate surface area is 70.9 Å². The summed E-state index contributed by atoms with van der Waals surface area (Å²) in [6.45, 7) is 1.14. The summed E-state index contributed by atoms with van der Waals surface area (Å²) < 4.78 is 0. The van der Waals surface area contributed by atoms with Gasteiger partial charge in [0.25, 0.3) is 0 Å². The molecule has 0 bridgehead atoms. The first-order valence-electron chi connectivity index (χ1n) is 3.53. The average molecular weight is 173 g/mol. The molecule has 0 aliphatic carbocycles. The lowest BCUT2D eigenvalue weighted by atomic mass is 10.4. The summed E-state index contributed by atoms with van der Waals surface area (Å²) in [4.78, 5) is 3.87. The van der Waals surface area contributed by atoms with E-state index in [1.54, 1.807) is 0 Å². The second kappa shape index (κ2) is 6.23. The number of nitrogens with zero attached hydrogens (tertiary/aromatic N) is 1. The number of nitrogens with two attached hydrogens (primary N) is 3. The molecule has 70 valence electrons. The number of hydrogen-bond acceptors (Lipinski definition) is 3. The normalized spacial score (nSPS) is 10.9. The van der Waals surface area contributed by atoms with Crippen molar-refractivity contribution in [1.82, 2.24) is 10.9 Å². The van der Waals surface area contributed by atoms with Gasteiger partial charge in [0, 0.05) is 6.54 Å². The molecule has 0 aliphatic rings. The van der Waals surface area contributed by atoms with Gasteiger partial charge in [-0.1, -0.05) is 0 Å². The summed E-state index contributed by atoms with van der Waals surface area (Å²) in [5.41, 5.74) is 20.3. The van der Waals surface area contributed by atoms with Crippen LogP contribution < -0.4 is 28.1 Å². The number of rotatable bonds is 3. The van der Waals surface area contributed by atoms with Crippen molar-refractivity contribution in [2.75, 3.05) is 13.1 Å². The van der Waals surface area contributed by atoms with E-state index in [9.17, 15) is 0 Å². The van der Waals surface area contributed by atoms with Gasteiger partial charge in [-0.3, -0.25) is 21.3 Å². The Morgan fingerprint density at radius 1 is 1.33 bits per heavy atom. The van der Waals surface area contributed by atoms with Crippen LogP contribution in [0.25, 0.3) is 0 Å². The highest BCUT2D eigenvalue weighted by atomic mass is 15.4. The van der Waals surface area contributed by atoms with Gasteiger partial charge < -0.3 is 17.2 Å². The number of hydrogen-bond donors (Lipinski definition) is 6. The summed E-state index contributed by atoms with van der Waals surface area (Å²) in [6, 6.07) is 0. The quantitative estimate of drug-likeness (QED) is 0.123. The third kappa shape index (κ3) is 6.62. The van der Waals surface area contributed by atoms with Gasteiger partial charge in [-0.05, 0) is 13.0 Å². The van der Waals surface area contributed by atoms with Gasteiger partial charge in [-0.25, -0.2) is 0 Å². The van der Waals surface area contributed by atoms with Gasteiger partial charge >= 0.3 is 0 Å². The third-order valence-corrected chi connectivity index (χ3v) is 0.970. The third-order valence-electron chi connectivity index (χ3n) is 0.970. The number of nitrogens with one attached hydrogen (secondary N) is 3. The van der Waals surface area contributed by atoms with E-state index in [-0.39, 0.29) is 11.9 Å². The molecular formula is C5H15N7. The van der Waals surface area contributed by atoms with Crippen LogP contribution >= 0.6 is 0 Å². The van der Waals surface area contributed by atoms with Crippen LogP contribution in [0.2, 0.25) is 0 Å². The van der Waals surface area contributed by atoms with Crippen LogP contribution in [-0.2, 0) is 0 Å². The second-order valence-corrected chi connectivity index (χ2v) is 2.07. The Kier molecular flexibility index (Phi) is 5.45. The molecule has 7 nitrogen and oxygen atoms in total. The smallest absolute Gasteiger partial charge is 0.207 e. The molecule has 0 aromatic rings. The van der Waals surface area contributed by atoms with E-state index >= 15 is 0 Å². The van der Waals surface area contributed by atoms with E-state index in [1.165, 1.54) is 0 Å². The highest BCUT2D eigenvalue weighted by Gasteiger charge is 1.89. The molecule has 12 heavy (non-hydrogen) atoms. The fraction of sp³-hybridized carbons (Fsp3) is 0.600. The topological polar surface area (TPSA) is 138 Å². The van der Waals surface area contributed by atoms with E-state index in [0.717, 1.165) is 6.42 Å². The molecule has 0 saturated heterocycles. The van der Waals surface area contributed by atoms with Gasteiger partial charge in [-0.2, -0.15) is 0 Å². The Morgan fingerprint density at radius 3 is 2.50 bits per heavy atom. The van der Waals surface area contributed by atoms with Crippen molar-refractivity contribution in [1.29, 1.82) is 5.41 Å². The highest BCUT2D eigenvalue weighted by Crippen LogP contribution is 1.74. The maximum absolute atomic E-state index is 6.77. The zero-order chi connectivity index (χ0) is 9.40. The van der Waals surface area contributed by atoms with Crippen LogP contribution in [0.5, 0.6) is 0 Å². The first-order valence-corrected chi connectivity index (χ1v) is 3.53. The predicted molar refractivity (Wildman–Crippen MR) is 48.3 cm³/mol. The van der Waals surface area contributed by atoms with Crippen LogP contribution in [0.4, 0.5) is 0 Å². The summed E-state index contributed by atoms with van der Waals surface area (Å²) >= 11 is 0. The number of aliphatic imine (C=N–C) groups is 1. The molecule has 0 atom stereocenters. The van der Waals surface area contributed by atoms with Gasteiger partial charge in [-0.15, -0.1) is 0 Å². The maximum atomic E-state index is 6.77.